The van der Waals surface area contributed by atoms with Crippen molar-refractivity contribution in [3.05, 3.63) is 59.8 Å². The second kappa shape index (κ2) is 27.0. The first-order valence-electron chi connectivity index (χ1n) is 27.4. The van der Waals surface area contributed by atoms with E-state index in [9.17, 15) is 14.7 Å². The lowest BCUT2D eigenvalue weighted by atomic mass is 9.55. The molecule has 368 valence electrons. The van der Waals surface area contributed by atoms with Crippen molar-refractivity contribution in [2.45, 2.75) is 269 Å². The van der Waals surface area contributed by atoms with Crippen molar-refractivity contribution >= 4 is 11.8 Å². The van der Waals surface area contributed by atoms with Crippen LogP contribution in [0.5, 0.6) is 0 Å². The number of carbonyl (C=O) groups is 2. The molecule has 0 aromatic rings. The Balaban J connectivity index is 1.06. The van der Waals surface area contributed by atoms with E-state index in [0.29, 0.717) is 24.0 Å². The topological polar surface area (TPSA) is 91.3 Å². The van der Waals surface area contributed by atoms with Crippen LogP contribution in [-0.4, -0.2) is 52.3 Å². The zero-order valence-corrected chi connectivity index (χ0v) is 42.2. The molecule has 0 spiro atoms. The molecule has 7 nitrogen and oxygen atoms in total. The summed E-state index contributed by atoms with van der Waals surface area (Å²) in [5, 5.41) is 12.6. The van der Waals surface area contributed by atoms with Crippen molar-refractivity contribution < 1.29 is 33.6 Å². The van der Waals surface area contributed by atoms with Gasteiger partial charge >= 0.3 is 11.9 Å². The Labute approximate surface area is 397 Å². The zero-order chi connectivity index (χ0) is 46.6. The summed E-state index contributed by atoms with van der Waals surface area (Å²) in [5.74, 6) is -3.17. The van der Waals surface area contributed by atoms with Crippen LogP contribution in [0, 0.1) is 17.8 Å². The summed E-state index contributed by atoms with van der Waals surface area (Å²) in [6.45, 7) is 14.9. The number of aliphatic hydroxyl groups is 1. The molecule has 2 aliphatic heterocycles. The van der Waals surface area contributed by atoms with Gasteiger partial charge < -0.3 is 24.1 Å². The second-order valence-corrected chi connectivity index (χ2v) is 21.3. The number of allylic oxidation sites excluding steroid dienone is 3. The lowest BCUT2D eigenvalue weighted by Gasteiger charge is -2.58. The highest BCUT2D eigenvalue weighted by atomic mass is 16.9. The van der Waals surface area contributed by atoms with Gasteiger partial charge in [0.1, 0.15) is 23.9 Å². The van der Waals surface area contributed by atoms with Crippen molar-refractivity contribution in [1.29, 1.82) is 0 Å². The number of carbonyl (C=O) groups excluding carboxylic acids is 2. The molecule has 0 radical (unpaired) electrons. The Bertz CT molecular complexity index is 1610. The number of esters is 1. The van der Waals surface area contributed by atoms with Gasteiger partial charge in [-0.3, -0.25) is 9.59 Å². The summed E-state index contributed by atoms with van der Waals surface area (Å²) >= 11 is 0. The molecule has 5 rings (SSSR count). The second-order valence-electron chi connectivity index (χ2n) is 21.3. The summed E-state index contributed by atoms with van der Waals surface area (Å²) in [7, 11) is 0. The summed E-state index contributed by atoms with van der Waals surface area (Å²) in [6.07, 6.45) is 50.4. The number of unbranched alkanes of at least 4 members (excludes halogenated alkanes) is 27. The maximum atomic E-state index is 14.0. The molecule has 3 fully saturated rings. The van der Waals surface area contributed by atoms with E-state index in [1.165, 1.54) is 154 Å². The van der Waals surface area contributed by atoms with Gasteiger partial charge in [-0.25, -0.2) is 0 Å². The predicted octanol–water partition coefficient (Wildman–Crippen LogP) is 15.4. The van der Waals surface area contributed by atoms with Crippen LogP contribution in [0.25, 0.3) is 0 Å². The Morgan fingerprint density at radius 1 is 0.754 bits per heavy atom. The fraction of sp³-hybridized carbons (Fsp3) is 0.793. The van der Waals surface area contributed by atoms with E-state index in [0.717, 1.165) is 37.7 Å². The van der Waals surface area contributed by atoms with E-state index in [4.69, 9.17) is 18.9 Å². The first-order chi connectivity index (χ1) is 31.5. The van der Waals surface area contributed by atoms with Crippen LogP contribution < -0.4 is 0 Å². The molecule has 0 aromatic carbocycles. The number of fused-ring (bicyclic) bond motifs is 2. The fourth-order valence-corrected chi connectivity index (χ4v) is 12.1. The Morgan fingerprint density at radius 3 is 1.78 bits per heavy atom. The van der Waals surface area contributed by atoms with E-state index in [1.54, 1.807) is 6.92 Å². The number of ketones is 1. The number of rotatable bonds is 35. The molecular weight excluding hydrogens is 809 g/mol. The number of hydrogen-bond donors (Lipinski definition) is 1. The maximum Gasteiger partial charge on any atom is 0.306 e. The van der Waals surface area contributed by atoms with Gasteiger partial charge in [0.15, 0.2) is 5.78 Å². The first kappa shape index (κ1) is 53.6. The van der Waals surface area contributed by atoms with Gasteiger partial charge in [0, 0.05) is 30.8 Å². The van der Waals surface area contributed by atoms with E-state index in [-0.39, 0.29) is 36.6 Å². The lowest BCUT2D eigenvalue weighted by Crippen LogP contribution is -2.70. The molecule has 7 heteroatoms. The molecule has 2 heterocycles. The number of ether oxygens (including phenoxy) is 4. The first-order valence-corrected chi connectivity index (χ1v) is 27.4. The lowest BCUT2D eigenvalue weighted by molar-refractivity contribution is -0.398. The molecule has 0 aromatic heterocycles. The molecule has 0 amide bonds. The molecule has 3 bridgehead atoms. The molecule has 65 heavy (non-hydrogen) atoms. The van der Waals surface area contributed by atoms with Crippen molar-refractivity contribution in [2.75, 3.05) is 6.61 Å². The van der Waals surface area contributed by atoms with Gasteiger partial charge in [0.2, 0.25) is 0 Å². The van der Waals surface area contributed by atoms with Crippen molar-refractivity contribution in [3.63, 3.8) is 0 Å². The molecule has 1 N–H and O–H groups in total. The largest absolute Gasteiger partial charge is 0.461 e. The molecule has 1 saturated carbocycles. The monoisotopic (exact) mass is 903 g/mol. The van der Waals surface area contributed by atoms with E-state index >= 15 is 0 Å². The summed E-state index contributed by atoms with van der Waals surface area (Å²) < 4.78 is 26.9. The molecule has 2 saturated heterocycles. The van der Waals surface area contributed by atoms with Crippen LogP contribution in [-0.2, 0) is 28.5 Å². The molecule has 5 aliphatic rings. The van der Waals surface area contributed by atoms with E-state index in [2.05, 4.69) is 39.5 Å². The van der Waals surface area contributed by atoms with Crippen LogP contribution in [0.15, 0.2) is 59.8 Å². The molecule has 8 unspecified atom stereocenters. The highest BCUT2D eigenvalue weighted by Gasteiger charge is 2.78. The van der Waals surface area contributed by atoms with Gasteiger partial charge in [0.25, 0.3) is 0 Å². The molecular formula is C58H94O7. The number of hydrogen-bond acceptors (Lipinski definition) is 7. The third kappa shape index (κ3) is 14.1. The third-order valence-electron chi connectivity index (χ3n) is 15.8. The van der Waals surface area contributed by atoms with Gasteiger partial charge in [0.05, 0.1) is 5.60 Å². The smallest absolute Gasteiger partial charge is 0.306 e. The minimum absolute atomic E-state index is 0.0165. The minimum atomic E-state index is -1.74. The SMILES string of the molecule is C=C(C)C12CC(C)C34OC(C=CC=CCCCCCCCCC)(OC1C3C=C(COC(=O)CCCCCCCCCCCCCCCCCCCCCCC)CC1(O)C(=O)C(C)=CC14)O2. The normalized spacial score (nSPS) is 30.2. The van der Waals surface area contributed by atoms with Gasteiger partial charge in [-0.1, -0.05) is 225 Å². The average molecular weight is 903 g/mol. The van der Waals surface area contributed by atoms with Crippen molar-refractivity contribution in [3.8, 4) is 0 Å². The fourth-order valence-electron chi connectivity index (χ4n) is 12.1. The Morgan fingerprint density at radius 2 is 1.26 bits per heavy atom. The highest BCUT2D eigenvalue weighted by molar-refractivity contribution is 6.04. The number of Topliss-reactive ketones (excluding diaryl/α,β-unsaturated/α-hetero) is 1. The van der Waals surface area contributed by atoms with E-state index in [1.807, 2.05) is 31.2 Å². The Hall–Kier alpha value is -2.32. The van der Waals surface area contributed by atoms with Crippen LogP contribution in [0.1, 0.15) is 240 Å². The van der Waals surface area contributed by atoms with Crippen LogP contribution in [0.2, 0.25) is 0 Å². The van der Waals surface area contributed by atoms with Gasteiger partial charge in [-0.2, -0.15) is 0 Å². The Kier molecular flexibility index (Phi) is 22.3. The predicted molar refractivity (Wildman–Crippen MR) is 266 cm³/mol. The quantitative estimate of drug-likeness (QED) is 0.0293. The summed E-state index contributed by atoms with van der Waals surface area (Å²) in [6, 6.07) is 0. The summed E-state index contributed by atoms with van der Waals surface area (Å²) in [4.78, 5) is 27.1. The van der Waals surface area contributed by atoms with Crippen molar-refractivity contribution in [2.24, 2.45) is 17.8 Å². The van der Waals surface area contributed by atoms with Gasteiger partial charge in [-0.05, 0) is 62.2 Å². The van der Waals surface area contributed by atoms with Crippen LogP contribution >= 0.6 is 0 Å². The third-order valence-corrected chi connectivity index (χ3v) is 15.8. The summed E-state index contributed by atoms with van der Waals surface area (Å²) in [5.41, 5.74) is -1.47. The van der Waals surface area contributed by atoms with Crippen LogP contribution in [0.4, 0.5) is 0 Å². The molecule has 8 atom stereocenters. The average Bonchev–Trinajstić information content (AvgIpc) is 3.59. The van der Waals surface area contributed by atoms with Crippen LogP contribution in [0.3, 0.4) is 0 Å². The standard InChI is InChI=1S/C58H94O7/c1-7-9-11-13-15-17-19-20-21-22-23-24-25-26-27-28-29-31-33-35-37-39-52(59)62-45-49-42-50-54-56(46(3)4)43-48(6)58(50,51-41-47(5)53(60)55(51,61)44-49)65-57(63-54,64-56)40-38-36-34-32-30-18-16-14-12-10-8-2/h34,36,38,40-42,48,50-51,54,61H,3,7-33,35,37,39,43-45H2,1-2,4-6H3. The minimum Gasteiger partial charge on any atom is -0.461 e. The molecule has 3 aliphatic carbocycles. The maximum absolute atomic E-state index is 14.0. The van der Waals surface area contributed by atoms with Crippen molar-refractivity contribution in [1.82, 2.24) is 0 Å². The zero-order valence-electron chi connectivity index (χ0n) is 42.2. The highest BCUT2D eigenvalue weighted by Crippen LogP contribution is 2.68. The van der Waals surface area contributed by atoms with E-state index < -0.39 is 34.8 Å². The van der Waals surface area contributed by atoms with Gasteiger partial charge in [-0.15, -0.1) is 0 Å².